The first kappa shape index (κ1) is 21.5. The van der Waals surface area contributed by atoms with Crippen LogP contribution in [0.15, 0.2) is 78.9 Å². The predicted octanol–water partition coefficient (Wildman–Crippen LogP) is 3.93. The van der Waals surface area contributed by atoms with Gasteiger partial charge in [0.25, 0.3) is 5.91 Å². The van der Waals surface area contributed by atoms with Gasteiger partial charge in [-0.15, -0.1) is 0 Å². The van der Waals surface area contributed by atoms with Gasteiger partial charge in [-0.05, 0) is 41.0 Å². The van der Waals surface area contributed by atoms with Crippen LogP contribution in [-0.4, -0.2) is 48.3 Å². The number of nitrogens with one attached hydrogen (secondary N) is 1. The fraction of sp³-hybridized carbons (Fsp3) is 0.200. The van der Waals surface area contributed by atoms with Crippen LogP contribution in [0.25, 0.3) is 11.1 Å². The molecule has 3 aromatic carbocycles. The van der Waals surface area contributed by atoms with Gasteiger partial charge in [-0.25, -0.2) is 10.3 Å². The van der Waals surface area contributed by atoms with E-state index in [-0.39, 0.29) is 6.03 Å². The number of nitrogens with zero attached hydrogens (tertiary/aromatic N) is 2. The Morgan fingerprint density at radius 2 is 1.50 bits per heavy atom. The molecule has 1 aliphatic heterocycles. The maximum absolute atomic E-state index is 13.4. The lowest BCUT2D eigenvalue weighted by Crippen LogP contribution is -2.48. The number of anilines is 1. The van der Waals surface area contributed by atoms with Gasteiger partial charge in [-0.2, -0.15) is 0 Å². The summed E-state index contributed by atoms with van der Waals surface area (Å²) in [6.45, 7) is 2.50. The Kier molecular flexibility index (Phi) is 6.79. The van der Waals surface area contributed by atoms with Crippen molar-refractivity contribution < 1.29 is 19.5 Å². The first-order valence-corrected chi connectivity index (χ1v) is 10.5. The van der Waals surface area contributed by atoms with E-state index in [1.54, 1.807) is 39.5 Å². The number of ether oxygens (including phenoxy) is 1. The van der Waals surface area contributed by atoms with E-state index in [1.165, 1.54) is 0 Å². The molecule has 0 atom stereocenters. The van der Waals surface area contributed by atoms with E-state index in [4.69, 9.17) is 9.94 Å². The largest absolute Gasteiger partial charge is 0.378 e. The van der Waals surface area contributed by atoms with Crippen molar-refractivity contribution >= 4 is 17.6 Å². The molecule has 0 radical (unpaired) electrons. The van der Waals surface area contributed by atoms with Crippen LogP contribution >= 0.6 is 0 Å². The number of carbonyl (C=O) groups excluding carboxylic acids is 2. The van der Waals surface area contributed by atoms with E-state index in [0.29, 0.717) is 38.4 Å². The monoisotopic (exact) mass is 431 g/mol. The number of hydroxylamine groups is 1. The molecule has 7 heteroatoms. The van der Waals surface area contributed by atoms with Crippen LogP contribution in [0, 0.1) is 0 Å². The van der Waals surface area contributed by atoms with Crippen LogP contribution in [0.4, 0.5) is 10.5 Å². The summed E-state index contributed by atoms with van der Waals surface area (Å²) in [6, 6.07) is 24.7. The van der Waals surface area contributed by atoms with E-state index in [2.05, 4.69) is 12.1 Å². The van der Waals surface area contributed by atoms with Crippen molar-refractivity contribution in [3.8, 4) is 11.1 Å². The first-order chi connectivity index (χ1) is 15.7. The van der Waals surface area contributed by atoms with Gasteiger partial charge in [0.2, 0.25) is 0 Å². The Morgan fingerprint density at radius 3 is 2.12 bits per heavy atom. The number of benzene rings is 3. The molecule has 0 aliphatic carbocycles. The molecule has 164 valence electrons. The van der Waals surface area contributed by atoms with Gasteiger partial charge >= 0.3 is 6.03 Å². The lowest BCUT2D eigenvalue weighted by molar-refractivity contribution is 0.0548. The Labute approximate surface area is 186 Å². The smallest absolute Gasteiger partial charge is 0.324 e. The van der Waals surface area contributed by atoms with Crippen LogP contribution < -0.4 is 10.4 Å². The summed E-state index contributed by atoms with van der Waals surface area (Å²) in [5, 5.41) is 8.81. The van der Waals surface area contributed by atoms with Crippen molar-refractivity contribution in [2.75, 3.05) is 31.2 Å². The molecule has 7 nitrogen and oxygen atoms in total. The molecular formula is C25H25N3O4. The third kappa shape index (κ3) is 4.96. The maximum Gasteiger partial charge on any atom is 0.324 e. The molecule has 1 fully saturated rings. The minimum absolute atomic E-state index is 0.0852. The highest BCUT2D eigenvalue weighted by atomic mass is 16.5. The Bertz CT molecular complexity index is 1050. The third-order valence-electron chi connectivity index (χ3n) is 5.46. The van der Waals surface area contributed by atoms with E-state index in [1.807, 2.05) is 42.5 Å². The van der Waals surface area contributed by atoms with Crippen LogP contribution in [0.3, 0.4) is 0 Å². The van der Waals surface area contributed by atoms with Crippen LogP contribution in [-0.2, 0) is 11.3 Å². The molecule has 1 saturated heterocycles. The minimum atomic E-state index is -0.575. The Hall–Kier alpha value is -3.68. The molecule has 0 aromatic heterocycles. The number of urea groups is 1. The SMILES string of the molecule is O=C(NO)c1ccc(CN(C(=O)N2CCOCC2)c2ccc(-c3ccccc3)cc2)cc1. The highest BCUT2D eigenvalue weighted by Crippen LogP contribution is 2.25. The Morgan fingerprint density at radius 1 is 0.875 bits per heavy atom. The number of amides is 3. The highest BCUT2D eigenvalue weighted by Gasteiger charge is 2.24. The summed E-state index contributed by atoms with van der Waals surface area (Å²) in [5.41, 5.74) is 5.82. The van der Waals surface area contributed by atoms with Crippen molar-refractivity contribution in [1.82, 2.24) is 10.4 Å². The van der Waals surface area contributed by atoms with Gasteiger partial charge in [0, 0.05) is 24.3 Å². The minimum Gasteiger partial charge on any atom is -0.378 e. The zero-order valence-electron chi connectivity index (χ0n) is 17.6. The summed E-state index contributed by atoms with van der Waals surface area (Å²) < 4.78 is 5.39. The average Bonchev–Trinajstić information content (AvgIpc) is 2.88. The van der Waals surface area contributed by atoms with E-state index >= 15 is 0 Å². The van der Waals surface area contributed by atoms with Crippen molar-refractivity contribution in [2.45, 2.75) is 6.54 Å². The molecule has 4 rings (SSSR count). The second-order valence-electron chi connectivity index (χ2n) is 7.52. The van der Waals surface area contributed by atoms with Crippen LogP contribution in [0.1, 0.15) is 15.9 Å². The van der Waals surface area contributed by atoms with Gasteiger partial charge in [-0.1, -0.05) is 54.6 Å². The number of carbonyl (C=O) groups is 2. The summed E-state index contributed by atoms with van der Waals surface area (Å²) in [7, 11) is 0. The lowest BCUT2D eigenvalue weighted by atomic mass is 10.1. The zero-order valence-corrected chi connectivity index (χ0v) is 17.6. The summed E-state index contributed by atoms with van der Waals surface area (Å²) in [5.74, 6) is -0.575. The van der Waals surface area contributed by atoms with Crippen molar-refractivity contribution in [3.63, 3.8) is 0 Å². The molecular weight excluding hydrogens is 406 g/mol. The zero-order chi connectivity index (χ0) is 22.3. The summed E-state index contributed by atoms with van der Waals surface area (Å²) in [6.07, 6.45) is 0. The van der Waals surface area contributed by atoms with E-state index in [0.717, 1.165) is 22.4 Å². The van der Waals surface area contributed by atoms with Gasteiger partial charge in [-0.3, -0.25) is 14.9 Å². The molecule has 1 heterocycles. The quantitative estimate of drug-likeness (QED) is 0.474. The Balaban J connectivity index is 1.60. The van der Waals surface area contributed by atoms with Gasteiger partial charge in [0.1, 0.15) is 0 Å². The number of morpholine rings is 1. The summed E-state index contributed by atoms with van der Waals surface area (Å²) >= 11 is 0. The normalized spacial score (nSPS) is 13.5. The number of rotatable bonds is 5. The molecule has 1 aliphatic rings. The average molecular weight is 431 g/mol. The number of hydrogen-bond acceptors (Lipinski definition) is 4. The molecule has 2 N–H and O–H groups in total. The van der Waals surface area contributed by atoms with E-state index in [9.17, 15) is 9.59 Å². The molecule has 0 saturated carbocycles. The summed E-state index contributed by atoms with van der Waals surface area (Å²) in [4.78, 5) is 28.5. The van der Waals surface area contributed by atoms with Gasteiger partial charge < -0.3 is 9.64 Å². The molecule has 0 bridgehead atoms. The molecule has 0 spiro atoms. The van der Waals surface area contributed by atoms with Crippen molar-refractivity contribution in [1.29, 1.82) is 0 Å². The molecule has 32 heavy (non-hydrogen) atoms. The van der Waals surface area contributed by atoms with Crippen LogP contribution in [0.5, 0.6) is 0 Å². The fourth-order valence-electron chi connectivity index (χ4n) is 3.67. The second-order valence-corrected chi connectivity index (χ2v) is 7.52. The fourth-order valence-corrected chi connectivity index (χ4v) is 3.67. The lowest BCUT2D eigenvalue weighted by Gasteiger charge is -2.33. The molecule has 0 unspecified atom stereocenters. The predicted molar refractivity (Wildman–Crippen MR) is 122 cm³/mol. The molecule has 3 amide bonds. The highest BCUT2D eigenvalue weighted by molar-refractivity contribution is 5.94. The first-order valence-electron chi connectivity index (χ1n) is 10.5. The molecule has 3 aromatic rings. The van der Waals surface area contributed by atoms with Crippen LogP contribution in [0.2, 0.25) is 0 Å². The maximum atomic E-state index is 13.4. The number of hydrogen-bond donors (Lipinski definition) is 2. The van der Waals surface area contributed by atoms with Crippen molar-refractivity contribution in [3.05, 3.63) is 90.0 Å². The topological polar surface area (TPSA) is 82.1 Å². The van der Waals surface area contributed by atoms with E-state index < -0.39 is 5.91 Å². The van der Waals surface area contributed by atoms with Gasteiger partial charge in [0.15, 0.2) is 0 Å². The van der Waals surface area contributed by atoms with Crippen molar-refractivity contribution in [2.24, 2.45) is 0 Å². The second kappa shape index (κ2) is 10.1. The standard InChI is InChI=1S/C25H25N3O4/c29-24(26-31)22-8-6-19(7-9-22)18-28(25(30)27-14-16-32-17-15-27)23-12-10-21(11-13-23)20-4-2-1-3-5-20/h1-13,31H,14-18H2,(H,26,29). The van der Waals surface area contributed by atoms with Gasteiger partial charge in [0.05, 0.1) is 19.8 Å². The third-order valence-corrected chi connectivity index (χ3v) is 5.46.